The van der Waals surface area contributed by atoms with Crippen molar-refractivity contribution in [2.24, 2.45) is 0 Å². The molecule has 0 aliphatic carbocycles. The minimum absolute atomic E-state index is 0.643. The number of Topliss-reactive ketones (excluding diaryl/α,β-unsaturated/α-hetero) is 6. The highest BCUT2D eigenvalue weighted by Gasteiger charge is 2.46. The van der Waals surface area contributed by atoms with E-state index in [4.69, 9.17) is 28.4 Å². The molecule has 0 N–H and O–H groups in total. The van der Waals surface area contributed by atoms with Gasteiger partial charge in [0.15, 0.2) is 24.4 Å². The van der Waals surface area contributed by atoms with Crippen LogP contribution in [0.25, 0.3) is 0 Å². The molecule has 0 spiro atoms. The van der Waals surface area contributed by atoms with Gasteiger partial charge in [0, 0.05) is 0 Å². The highest BCUT2D eigenvalue weighted by Crippen LogP contribution is 2.22. The maximum atomic E-state index is 12.8. The van der Waals surface area contributed by atoms with Crippen LogP contribution in [-0.4, -0.2) is 108 Å². The summed E-state index contributed by atoms with van der Waals surface area (Å²) in [6.45, 7) is 4.00. The van der Waals surface area contributed by atoms with Gasteiger partial charge in [-0.25, -0.2) is 0 Å². The number of esters is 6. The van der Waals surface area contributed by atoms with Gasteiger partial charge in [0.1, 0.15) is 86.4 Å². The van der Waals surface area contributed by atoms with Gasteiger partial charge in [0.05, 0.1) is 0 Å². The molecule has 0 saturated heterocycles. The van der Waals surface area contributed by atoms with Crippen LogP contribution < -0.4 is 0 Å². The van der Waals surface area contributed by atoms with Crippen molar-refractivity contribution < 1.29 is 86.0 Å². The van der Waals surface area contributed by atoms with Crippen molar-refractivity contribution in [1.29, 1.82) is 0 Å². The second-order valence-corrected chi connectivity index (χ2v) is 10.6. The summed E-state index contributed by atoms with van der Waals surface area (Å²) in [5, 5.41) is 0. The average Bonchev–Trinajstić information content (AvgIpc) is 2.88. The largest absolute Gasteiger partial charge is 0.461 e. The van der Waals surface area contributed by atoms with Gasteiger partial charge in [-0.3, -0.25) is 57.5 Å². The highest BCUT2D eigenvalue weighted by atomic mass is 16.6. The van der Waals surface area contributed by atoms with E-state index in [2.05, 4.69) is 0 Å². The average molecular weight is 687 g/mol. The highest BCUT2D eigenvalue weighted by molar-refractivity contribution is 5.97. The van der Waals surface area contributed by atoms with Crippen molar-refractivity contribution in [2.75, 3.05) is 13.2 Å². The van der Waals surface area contributed by atoms with Crippen LogP contribution in [0.1, 0.15) is 80.1 Å². The first-order valence-corrected chi connectivity index (χ1v) is 14.3. The first-order chi connectivity index (χ1) is 22.2. The van der Waals surface area contributed by atoms with E-state index in [1.54, 1.807) is 0 Å². The molecule has 0 aliphatic heterocycles. The van der Waals surface area contributed by atoms with Gasteiger partial charge in [0.2, 0.25) is 0 Å². The Bertz CT molecular complexity index is 1200. The molecule has 0 aliphatic rings. The lowest BCUT2D eigenvalue weighted by Crippen LogP contribution is -2.55. The predicted molar refractivity (Wildman–Crippen MR) is 153 cm³/mol. The number of rotatable bonds is 23. The molecule has 0 radical (unpaired) electrons. The van der Waals surface area contributed by atoms with Gasteiger partial charge < -0.3 is 28.4 Å². The second kappa shape index (κ2) is 21.6. The minimum Gasteiger partial charge on any atom is -0.461 e. The summed E-state index contributed by atoms with van der Waals surface area (Å²) < 4.78 is 31.1. The SMILES string of the molecule is CC(=O)CC(=O)OC[C@@H](OC(=O)CC(C)=O)[C@@H](OC(=O)CC(C)=O)[C@H](OC(=O)CC(C)=O)[C@@H](COC(=O)CC(C)=O)OC(=O)CC(C)=O. The lowest BCUT2D eigenvalue weighted by atomic mass is 10.0. The van der Waals surface area contributed by atoms with Crippen LogP contribution in [0, 0.1) is 0 Å². The Balaban J connectivity index is 7.33. The number of hydrogen-bond donors (Lipinski definition) is 0. The number of carbonyl (C=O) groups is 12. The molecule has 18 heteroatoms. The van der Waals surface area contributed by atoms with Crippen molar-refractivity contribution >= 4 is 70.5 Å². The van der Waals surface area contributed by atoms with Crippen molar-refractivity contribution in [3.05, 3.63) is 0 Å². The zero-order valence-corrected chi connectivity index (χ0v) is 27.3. The van der Waals surface area contributed by atoms with E-state index < -0.39 is 147 Å². The molecule has 48 heavy (non-hydrogen) atoms. The van der Waals surface area contributed by atoms with E-state index in [0.29, 0.717) is 0 Å². The first-order valence-electron chi connectivity index (χ1n) is 14.3. The van der Waals surface area contributed by atoms with Crippen LogP contribution in [0.4, 0.5) is 0 Å². The van der Waals surface area contributed by atoms with Crippen molar-refractivity contribution in [3.8, 4) is 0 Å². The quantitative estimate of drug-likeness (QED) is 0.0751. The zero-order chi connectivity index (χ0) is 37.1. The van der Waals surface area contributed by atoms with Crippen LogP contribution in [-0.2, 0) is 86.0 Å². The Morgan fingerprint density at radius 2 is 0.542 bits per heavy atom. The summed E-state index contributed by atoms with van der Waals surface area (Å²) in [6, 6.07) is 0. The molecule has 4 atom stereocenters. The van der Waals surface area contributed by atoms with E-state index in [0.717, 1.165) is 41.5 Å². The minimum atomic E-state index is -2.23. The van der Waals surface area contributed by atoms with E-state index >= 15 is 0 Å². The number of ether oxygens (including phenoxy) is 6. The first kappa shape index (κ1) is 42.8. The van der Waals surface area contributed by atoms with E-state index in [1.807, 2.05) is 0 Å². The Morgan fingerprint density at radius 3 is 0.771 bits per heavy atom. The topological polar surface area (TPSA) is 260 Å². The van der Waals surface area contributed by atoms with Crippen LogP contribution in [0.2, 0.25) is 0 Å². The molecule has 0 rings (SSSR count). The fourth-order valence-electron chi connectivity index (χ4n) is 3.58. The number of hydrogen-bond acceptors (Lipinski definition) is 18. The molecule has 0 saturated carbocycles. The van der Waals surface area contributed by atoms with Gasteiger partial charge >= 0.3 is 35.8 Å². The summed E-state index contributed by atoms with van der Waals surface area (Å²) in [5.41, 5.74) is 0. The Hall–Kier alpha value is -5.16. The van der Waals surface area contributed by atoms with Crippen molar-refractivity contribution in [2.45, 2.75) is 104 Å². The van der Waals surface area contributed by atoms with E-state index in [1.165, 1.54) is 0 Å². The molecule has 0 aromatic heterocycles. The van der Waals surface area contributed by atoms with Crippen LogP contribution in [0.15, 0.2) is 0 Å². The fraction of sp³-hybridized carbons (Fsp3) is 0.600. The predicted octanol–water partition coefficient (Wildman–Crippen LogP) is -0.405. The van der Waals surface area contributed by atoms with Crippen molar-refractivity contribution in [3.63, 3.8) is 0 Å². The molecule has 0 unspecified atom stereocenters. The third kappa shape index (κ3) is 20.1. The summed E-state index contributed by atoms with van der Waals surface area (Å²) in [5.74, 6) is -11.8. The molecule has 18 nitrogen and oxygen atoms in total. The lowest BCUT2D eigenvalue weighted by molar-refractivity contribution is -0.209. The Labute approximate surface area is 274 Å². The van der Waals surface area contributed by atoms with Gasteiger partial charge in [-0.15, -0.1) is 0 Å². The third-order valence-corrected chi connectivity index (χ3v) is 5.33. The lowest BCUT2D eigenvalue weighted by Gasteiger charge is -2.35. The molecule has 266 valence electrons. The maximum Gasteiger partial charge on any atom is 0.313 e. The van der Waals surface area contributed by atoms with E-state index in [-0.39, 0.29) is 0 Å². The molecule has 0 aromatic rings. The van der Waals surface area contributed by atoms with Crippen molar-refractivity contribution in [1.82, 2.24) is 0 Å². The molecule has 0 fully saturated rings. The normalized spacial score (nSPS) is 12.9. The molecular formula is C30H38O18. The molecule has 0 amide bonds. The summed E-state index contributed by atoms with van der Waals surface area (Å²) in [4.78, 5) is 145. The number of carbonyl (C=O) groups excluding carboxylic acids is 12. The summed E-state index contributed by atoms with van der Waals surface area (Å²) in [6.07, 6.45) is -13.7. The maximum absolute atomic E-state index is 12.8. The number of ketones is 6. The van der Waals surface area contributed by atoms with Gasteiger partial charge in [-0.05, 0) is 41.5 Å². The summed E-state index contributed by atoms with van der Waals surface area (Å²) >= 11 is 0. The smallest absolute Gasteiger partial charge is 0.313 e. The monoisotopic (exact) mass is 686 g/mol. The second-order valence-electron chi connectivity index (χ2n) is 10.6. The van der Waals surface area contributed by atoms with Crippen LogP contribution in [0.5, 0.6) is 0 Å². The Morgan fingerprint density at radius 1 is 0.333 bits per heavy atom. The Kier molecular flexibility index (Phi) is 19.3. The molecular weight excluding hydrogens is 648 g/mol. The van der Waals surface area contributed by atoms with Gasteiger partial charge in [0.25, 0.3) is 0 Å². The molecule has 0 aromatic carbocycles. The summed E-state index contributed by atoms with van der Waals surface area (Å²) in [7, 11) is 0. The fourth-order valence-corrected chi connectivity index (χ4v) is 3.58. The van der Waals surface area contributed by atoms with E-state index in [9.17, 15) is 57.5 Å². The van der Waals surface area contributed by atoms with Crippen LogP contribution >= 0.6 is 0 Å². The van der Waals surface area contributed by atoms with Crippen LogP contribution in [0.3, 0.4) is 0 Å². The molecule has 0 bridgehead atoms. The standard InChI is InChI=1S/C30H38O18/c1-15(31)7-23(37)43-13-21(45-25(39)9-17(3)33)29(47-27(41)11-19(5)35)30(48-28(42)12-20(6)36)22(46-26(40)10-18(4)34)14-44-24(38)8-16(2)32/h21-22,29-30H,7-14H2,1-6H3/t21-,22-,29-,30-/m1/s1. The van der Waals surface area contributed by atoms with Gasteiger partial charge in [-0.2, -0.15) is 0 Å². The zero-order valence-electron chi connectivity index (χ0n) is 27.3. The van der Waals surface area contributed by atoms with Gasteiger partial charge in [-0.1, -0.05) is 0 Å². The third-order valence-electron chi connectivity index (χ3n) is 5.33. The molecule has 0 heterocycles.